The van der Waals surface area contributed by atoms with Crippen LogP contribution in [-0.4, -0.2) is 21.8 Å². The minimum Gasteiger partial charge on any atom is -0.507 e. The van der Waals surface area contributed by atoms with Gasteiger partial charge in [0.25, 0.3) is 5.91 Å². The zero-order valence-corrected chi connectivity index (χ0v) is 20.0. The molecule has 0 saturated carbocycles. The van der Waals surface area contributed by atoms with Gasteiger partial charge in [0.05, 0.1) is 11.8 Å². The van der Waals surface area contributed by atoms with Crippen LogP contribution in [-0.2, 0) is 0 Å². The van der Waals surface area contributed by atoms with Gasteiger partial charge in [0.15, 0.2) is 0 Å². The number of fused-ring (bicyclic) bond motifs is 1. The van der Waals surface area contributed by atoms with Crippen molar-refractivity contribution in [3.8, 4) is 11.4 Å². The highest BCUT2D eigenvalue weighted by atomic mass is 79.9. The molecular weight excluding hydrogens is 466 g/mol. The lowest BCUT2D eigenvalue weighted by Gasteiger charge is -2.13. The highest BCUT2D eigenvalue weighted by Gasteiger charge is 2.17. The van der Waals surface area contributed by atoms with Gasteiger partial charge in [-0.1, -0.05) is 42.0 Å². The number of amides is 1. The number of halogens is 1. The molecule has 0 saturated heterocycles. The fourth-order valence-corrected chi connectivity index (χ4v) is 4.58. The van der Waals surface area contributed by atoms with Crippen molar-refractivity contribution < 1.29 is 9.90 Å². The number of aromatic nitrogens is 1. The quantitative estimate of drug-likeness (QED) is 0.268. The largest absolute Gasteiger partial charge is 0.507 e. The van der Waals surface area contributed by atoms with E-state index in [0.29, 0.717) is 0 Å². The lowest BCUT2D eigenvalue weighted by molar-refractivity contribution is 0.0952. The van der Waals surface area contributed by atoms with Crippen molar-refractivity contribution in [1.82, 2.24) is 9.99 Å². The van der Waals surface area contributed by atoms with Gasteiger partial charge in [-0.3, -0.25) is 4.79 Å². The predicted octanol–water partition coefficient (Wildman–Crippen LogP) is 6.10. The van der Waals surface area contributed by atoms with E-state index in [4.69, 9.17) is 0 Å². The molecule has 0 spiro atoms. The number of rotatable bonds is 4. The van der Waals surface area contributed by atoms with Gasteiger partial charge in [0.2, 0.25) is 0 Å². The van der Waals surface area contributed by atoms with Gasteiger partial charge in [-0.2, -0.15) is 5.10 Å². The molecule has 3 aromatic carbocycles. The van der Waals surface area contributed by atoms with Crippen LogP contribution in [0.4, 0.5) is 0 Å². The molecule has 0 bridgehead atoms. The van der Waals surface area contributed by atoms with Crippen LogP contribution in [0.15, 0.2) is 64.2 Å². The summed E-state index contributed by atoms with van der Waals surface area (Å²) in [7, 11) is 0. The molecular formula is C26H24BrN3O2. The number of hydrogen-bond acceptors (Lipinski definition) is 3. The average molecular weight is 490 g/mol. The van der Waals surface area contributed by atoms with Crippen molar-refractivity contribution in [2.24, 2.45) is 5.10 Å². The summed E-state index contributed by atoms with van der Waals surface area (Å²) in [5, 5.41) is 16.2. The zero-order chi connectivity index (χ0) is 23.0. The molecule has 0 atom stereocenters. The molecule has 0 aliphatic carbocycles. The lowest BCUT2D eigenvalue weighted by atomic mass is 10.1. The van der Waals surface area contributed by atoms with Crippen LogP contribution < -0.4 is 5.43 Å². The number of carbonyl (C=O) groups is 1. The SMILES string of the molecule is Cc1ccc(-n2c(C)c(Br)c(/C=N\NC(=O)c3cc4ccccc4cc3O)c2C)c(C)c1. The Balaban J connectivity index is 1.62. The van der Waals surface area contributed by atoms with Crippen LogP contribution in [0.25, 0.3) is 16.5 Å². The van der Waals surface area contributed by atoms with E-state index in [2.05, 4.69) is 63.1 Å². The van der Waals surface area contributed by atoms with Crippen molar-refractivity contribution in [2.75, 3.05) is 0 Å². The molecule has 4 aromatic rings. The van der Waals surface area contributed by atoms with Crippen LogP contribution in [0.3, 0.4) is 0 Å². The van der Waals surface area contributed by atoms with Crippen LogP contribution in [0.5, 0.6) is 5.75 Å². The first-order valence-corrected chi connectivity index (χ1v) is 11.1. The standard InChI is InChI=1S/C26H24BrN3O2/c1-15-9-10-23(16(2)11-15)30-17(3)22(25(27)18(30)4)14-28-29-26(32)21-12-19-7-5-6-8-20(19)13-24(21)31/h5-14,31H,1-4H3,(H,29,32)/b28-14-. The van der Waals surface area contributed by atoms with E-state index in [1.165, 1.54) is 11.1 Å². The van der Waals surface area contributed by atoms with Gasteiger partial charge >= 0.3 is 0 Å². The molecule has 162 valence electrons. The fourth-order valence-electron chi connectivity index (χ4n) is 4.02. The van der Waals surface area contributed by atoms with E-state index >= 15 is 0 Å². The molecule has 2 N–H and O–H groups in total. The maximum Gasteiger partial charge on any atom is 0.275 e. The second kappa shape index (κ2) is 8.63. The monoisotopic (exact) mass is 489 g/mol. The van der Waals surface area contributed by atoms with Gasteiger partial charge < -0.3 is 9.67 Å². The zero-order valence-electron chi connectivity index (χ0n) is 18.4. The van der Waals surface area contributed by atoms with E-state index in [1.54, 1.807) is 18.3 Å². The number of nitrogens with zero attached hydrogens (tertiary/aromatic N) is 2. The number of aromatic hydroxyl groups is 1. The summed E-state index contributed by atoms with van der Waals surface area (Å²) in [6, 6.07) is 17.2. The van der Waals surface area contributed by atoms with E-state index in [0.717, 1.165) is 37.9 Å². The molecule has 6 heteroatoms. The second-order valence-corrected chi connectivity index (χ2v) is 8.73. The molecule has 0 fully saturated rings. The number of phenols is 1. The molecule has 1 heterocycles. The van der Waals surface area contributed by atoms with Crippen LogP contribution >= 0.6 is 15.9 Å². The Bertz CT molecular complexity index is 1390. The Kier molecular flexibility index (Phi) is 5.89. The number of hydrazone groups is 1. The van der Waals surface area contributed by atoms with Gasteiger partial charge in [-0.15, -0.1) is 0 Å². The summed E-state index contributed by atoms with van der Waals surface area (Å²) in [6.45, 7) is 8.24. The molecule has 0 unspecified atom stereocenters. The Morgan fingerprint density at radius 3 is 2.38 bits per heavy atom. The predicted molar refractivity (Wildman–Crippen MR) is 133 cm³/mol. The van der Waals surface area contributed by atoms with Gasteiger partial charge in [0, 0.05) is 27.1 Å². The number of benzene rings is 3. The van der Waals surface area contributed by atoms with Gasteiger partial charge in [0.1, 0.15) is 5.75 Å². The van der Waals surface area contributed by atoms with Crippen molar-refractivity contribution in [2.45, 2.75) is 27.7 Å². The number of nitrogens with one attached hydrogen (secondary N) is 1. The van der Waals surface area contributed by atoms with Gasteiger partial charge in [-0.25, -0.2) is 5.43 Å². The first-order chi connectivity index (χ1) is 15.3. The summed E-state index contributed by atoms with van der Waals surface area (Å²) in [5.41, 5.74) is 9.16. The fraction of sp³-hybridized carbons (Fsp3) is 0.154. The van der Waals surface area contributed by atoms with E-state index in [1.807, 2.05) is 38.1 Å². The molecule has 0 aliphatic rings. The second-order valence-electron chi connectivity index (χ2n) is 7.94. The van der Waals surface area contributed by atoms with Crippen molar-refractivity contribution >= 4 is 38.8 Å². The average Bonchev–Trinajstić information content (AvgIpc) is 2.96. The van der Waals surface area contributed by atoms with Crippen molar-refractivity contribution in [1.29, 1.82) is 0 Å². The van der Waals surface area contributed by atoms with Gasteiger partial charge in [-0.05, 0) is 78.2 Å². The van der Waals surface area contributed by atoms with Crippen molar-refractivity contribution in [3.63, 3.8) is 0 Å². The number of aryl methyl sites for hydroxylation is 2. The maximum atomic E-state index is 12.6. The summed E-state index contributed by atoms with van der Waals surface area (Å²) in [4.78, 5) is 12.6. The maximum absolute atomic E-state index is 12.6. The van der Waals surface area contributed by atoms with Crippen LogP contribution in [0.1, 0.15) is 38.4 Å². The Morgan fingerprint density at radius 1 is 1.00 bits per heavy atom. The molecule has 0 radical (unpaired) electrons. The topological polar surface area (TPSA) is 66.6 Å². The smallest absolute Gasteiger partial charge is 0.275 e. The molecule has 5 nitrogen and oxygen atoms in total. The number of phenolic OH excluding ortho intramolecular Hbond substituents is 1. The third kappa shape index (κ3) is 3.94. The molecule has 0 aliphatic heterocycles. The first-order valence-electron chi connectivity index (χ1n) is 10.3. The first kappa shape index (κ1) is 21.8. The van der Waals surface area contributed by atoms with Crippen LogP contribution in [0.2, 0.25) is 0 Å². The summed E-state index contributed by atoms with van der Waals surface area (Å²) < 4.78 is 3.10. The lowest BCUT2D eigenvalue weighted by Crippen LogP contribution is -2.17. The number of carbonyl (C=O) groups excluding carboxylic acids is 1. The molecule has 4 rings (SSSR count). The Hall–Kier alpha value is -3.38. The minimum absolute atomic E-state index is 0.0781. The normalized spacial score (nSPS) is 11.4. The van der Waals surface area contributed by atoms with E-state index < -0.39 is 5.91 Å². The third-order valence-corrected chi connectivity index (χ3v) is 6.68. The third-order valence-electron chi connectivity index (χ3n) is 5.68. The highest BCUT2D eigenvalue weighted by molar-refractivity contribution is 9.10. The number of hydrogen-bond donors (Lipinski definition) is 2. The summed E-state index contributed by atoms with van der Waals surface area (Å²) in [6.07, 6.45) is 1.63. The molecule has 32 heavy (non-hydrogen) atoms. The van der Waals surface area contributed by atoms with Crippen LogP contribution in [0, 0.1) is 27.7 Å². The van der Waals surface area contributed by atoms with E-state index in [9.17, 15) is 9.90 Å². The molecule has 1 aromatic heterocycles. The highest BCUT2D eigenvalue weighted by Crippen LogP contribution is 2.31. The molecule has 1 amide bonds. The summed E-state index contributed by atoms with van der Waals surface area (Å²) >= 11 is 3.67. The summed E-state index contributed by atoms with van der Waals surface area (Å²) in [5.74, 6) is -0.547. The van der Waals surface area contributed by atoms with Crippen molar-refractivity contribution in [3.05, 3.63) is 92.7 Å². The minimum atomic E-state index is -0.469. The van der Waals surface area contributed by atoms with E-state index in [-0.39, 0.29) is 11.3 Å². The Labute approximate surface area is 195 Å². The Morgan fingerprint density at radius 2 is 1.69 bits per heavy atom.